The maximum atomic E-state index is 10.5. The normalized spacial score (nSPS) is 19.3. The Bertz CT molecular complexity index is 365. The molecule has 1 aromatic heterocycles. The van der Waals surface area contributed by atoms with E-state index in [0.717, 1.165) is 13.0 Å². The van der Waals surface area contributed by atoms with E-state index in [1.54, 1.807) is 0 Å². The van der Waals surface area contributed by atoms with Crippen LogP contribution in [0.2, 0.25) is 0 Å². The zero-order valence-corrected chi connectivity index (χ0v) is 8.05. The Hall–Kier alpha value is -1.69. The highest BCUT2D eigenvalue weighted by Crippen LogP contribution is 2.17. The molecule has 0 spiro atoms. The minimum absolute atomic E-state index is 0.0472. The first-order valence-corrected chi connectivity index (χ1v) is 4.71. The molecule has 1 N–H and O–H groups in total. The second kappa shape index (κ2) is 4.22. The molecular weight excluding hydrogens is 198 g/mol. The third-order valence-corrected chi connectivity index (χ3v) is 2.29. The Kier molecular flexibility index (Phi) is 2.77. The highest BCUT2D eigenvalue weighted by Gasteiger charge is 2.17. The summed E-state index contributed by atoms with van der Waals surface area (Å²) in [4.78, 5) is 13.7. The number of nitrogens with zero attached hydrogens (tertiary/aromatic N) is 2. The SMILES string of the molecule is O=[N+]([O-])c1cncc(OCC2CCN2)c1. The summed E-state index contributed by atoms with van der Waals surface area (Å²) in [6, 6.07) is 1.75. The van der Waals surface area contributed by atoms with Crippen molar-refractivity contribution in [2.45, 2.75) is 12.5 Å². The van der Waals surface area contributed by atoms with E-state index in [2.05, 4.69) is 10.3 Å². The standard InChI is InChI=1S/C9H11N3O3/c13-12(14)8-3-9(5-10-4-8)15-6-7-1-2-11-7/h3-5,7,11H,1-2,6H2. The van der Waals surface area contributed by atoms with Crippen LogP contribution >= 0.6 is 0 Å². The summed E-state index contributed by atoms with van der Waals surface area (Å²) in [5.41, 5.74) is -0.0472. The molecule has 15 heavy (non-hydrogen) atoms. The molecule has 1 aliphatic rings. The van der Waals surface area contributed by atoms with Gasteiger partial charge in [-0.3, -0.25) is 15.1 Å². The Morgan fingerprint density at radius 1 is 1.67 bits per heavy atom. The molecule has 6 heteroatoms. The molecule has 1 aromatic rings. The van der Waals surface area contributed by atoms with Gasteiger partial charge in [-0.05, 0) is 13.0 Å². The molecule has 6 nitrogen and oxygen atoms in total. The van der Waals surface area contributed by atoms with Crippen molar-refractivity contribution < 1.29 is 9.66 Å². The van der Waals surface area contributed by atoms with Gasteiger partial charge in [-0.25, -0.2) is 0 Å². The number of hydrogen-bond donors (Lipinski definition) is 1. The summed E-state index contributed by atoms with van der Waals surface area (Å²) in [5, 5.41) is 13.6. The molecule has 0 saturated carbocycles. The van der Waals surface area contributed by atoms with Crippen LogP contribution in [-0.4, -0.2) is 29.1 Å². The van der Waals surface area contributed by atoms with Gasteiger partial charge < -0.3 is 10.1 Å². The second-order valence-corrected chi connectivity index (χ2v) is 3.39. The van der Waals surface area contributed by atoms with Crippen molar-refractivity contribution in [3.63, 3.8) is 0 Å². The Morgan fingerprint density at radius 2 is 2.47 bits per heavy atom. The van der Waals surface area contributed by atoms with Crippen LogP contribution in [0.3, 0.4) is 0 Å². The summed E-state index contributed by atoms with van der Waals surface area (Å²) in [6.45, 7) is 1.55. The molecule has 0 radical (unpaired) electrons. The van der Waals surface area contributed by atoms with Crippen molar-refractivity contribution in [1.82, 2.24) is 10.3 Å². The third kappa shape index (κ3) is 2.41. The lowest BCUT2D eigenvalue weighted by atomic mass is 10.1. The van der Waals surface area contributed by atoms with Crippen LogP contribution in [-0.2, 0) is 0 Å². The predicted octanol–water partition coefficient (Wildman–Crippen LogP) is 0.730. The van der Waals surface area contributed by atoms with Gasteiger partial charge in [0.2, 0.25) is 0 Å². The van der Waals surface area contributed by atoms with E-state index in [0.29, 0.717) is 18.4 Å². The van der Waals surface area contributed by atoms with E-state index < -0.39 is 4.92 Å². The first kappa shape index (κ1) is 9.85. The molecule has 0 aliphatic carbocycles. The van der Waals surface area contributed by atoms with Gasteiger partial charge in [-0.15, -0.1) is 0 Å². The third-order valence-electron chi connectivity index (χ3n) is 2.29. The van der Waals surface area contributed by atoms with Crippen LogP contribution in [0, 0.1) is 10.1 Å². The molecule has 80 valence electrons. The van der Waals surface area contributed by atoms with E-state index in [4.69, 9.17) is 4.74 Å². The highest BCUT2D eigenvalue weighted by atomic mass is 16.6. The average Bonchev–Trinajstić information content (AvgIpc) is 2.16. The molecule has 1 aliphatic heterocycles. The minimum Gasteiger partial charge on any atom is -0.490 e. The number of nitro groups is 1. The van der Waals surface area contributed by atoms with E-state index >= 15 is 0 Å². The number of hydrogen-bond acceptors (Lipinski definition) is 5. The van der Waals surface area contributed by atoms with Crippen LogP contribution in [0.25, 0.3) is 0 Å². The van der Waals surface area contributed by atoms with Crippen molar-refractivity contribution >= 4 is 5.69 Å². The average molecular weight is 209 g/mol. The van der Waals surface area contributed by atoms with Gasteiger partial charge in [0.05, 0.1) is 17.2 Å². The Labute approximate surface area is 86.4 Å². The van der Waals surface area contributed by atoms with Gasteiger partial charge in [0.15, 0.2) is 0 Å². The molecule has 1 saturated heterocycles. The maximum absolute atomic E-state index is 10.5. The second-order valence-electron chi connectivity index (χ2n) is 3.39. The quantitative estimate of drug-likeness (QED) is 0.584. The smallest absolute Gasteiger partial charge is 0.291 e. The van der Waals surface area contributed by atoms with Crippen LogP contribution < -0.4 is 10.1 Å². The van der Waals surface area contributed by atoms with Crippen molar-refractivity contribution in [2.75, 3.05) is 13.2 Å². The number of nitrogens with one attached hydrogen (secondary N) is 1. The molecule has 2 rings (SSSR count). The molecule has 0 amide bonds. The van der Waals surface area contributed by atoms with Gasteiger partial charge in [0.25, 0.3) is 5.69 Å². The number of rotatable bonds is 4. The number of pyridine rings is 1. The van der Waals surface area contributed by atoms with Gasteiger partial charge in [0, 0.05) is 6.04 Å². The summed E-state index contributed by atoms with van der Waals surface area (Å²) >= 11 is 0. The lowest BCUT2D eigenvalue weighted by Crippen LogP contribution is -2.46. The fourth-order valence-electron chi connectivity index (χ4n) is 1.27. The fraction of sp³-hybridized carbons (Fsp3) is 0.444. The lowest BCUT2D eigenvalue weighted by Gasteiger charge is -2.27. The molecule has 0 bridgehead atoms. The molecule has 2 heterocycles. The summed E-state index contributed by atoms with van der Waals surface area (Å²) in [6.07, 6.45) is 3.77. The van der Waals surface area contributed by atoms with E-state index in [1.807, 2.05) is 0 Å². The molecule has 0 aromatic carbocycles. The van der Waals surface area contributed by atoms with Crippen molar-refractivity contribution in [3.8, 4) is 5.75 Å². The Balaban J connectivity index is 1.94. The van der Waals surface area contributed by atoms with Crippen molar-refractivity contribution in [1.29, 1.82) is 0 Å². The number of aromatic nitrogens is 1. The maximum Gasteiger partial charge on any atom is 0.291 e. The molecule has 1 fully saturated rings. The monoisotopic (exact) mass is 209 g/mol. The highest BCUT2D eigenvalue weighted by molar-refractivity contribution is 5.33. The molecular formula is C9H11N3O3. The number of ether oxygens (including phenoxy) is 1. The fourth-order valence-corrected chi connectivity index (χ4v) is 1.27. The van der Waals surface area contributed by atoms with E-state index in [9.17, 15) is 10.1 Å². The zero-order valence-electron chi connectivity index (χ0n) is 8.05. The largest absolute Gasteiger partial charge is 0.490 e. The van der Waals surface area contributed by atoms with E-state index in [-0.39, 0.29) is 5.69 Å². The van der Waals surface area contributed by atoms with Crippen molar-refractivity contribution in [2.24, 2.45) is 0 Å². The zero-order chi connectivity index (χ0) is 10.7. The summed E-state index contributed by atoms with van der Waals surface area (Å²) in [5.74, 6) is 0.443. The van der Waals surface area contributed by atoms with Crippen LogP contribution in [0.15, 0.2) is 18.5 Å². The van der Waals surface area contributed by atoms with Crippen LogP contribution in [0.5, 0.6) is 5.75 Å². The first-order chi connectivity index (χ1) is 7.25. The first-order valence-electron chi connectivity index (χ1n) is 4.71. The van der Waals surface area contributed by atoms with E-state index in [1.165, 1.54) is 18.5 Å². The Morgan fingerprint density at radius 3 is 3.07 bits per heavy atom. The molecule has 1 unspecified atom stereocenters. The van der Waals surface area contributed by atoms with Crippen LogP contribution in [0.4, 0.5) is 5.69 Å². The summed E-state index contributed by atoms with van der Waals surface area (Å²) in [7, 11) is 0. The van der Waals surface area contributed by atoms with Gasteiger partial charge in [-0.1, -0.05) is 0 Å². The van der Waals surface area contributed by atoms with Gasteiger partial charge in [-0.2, -0.15) is 0 Å². The summed E-state index contributed by atoms with van der Waals surface area (Å²) < 4.78 is 5.37. The van der Waals surface area contributed by atoms with Crippen LogP contribution in [0.1, 0.15) is 6.42 Å². The van der Waals surface area contributed by atoms with Gasteiger partial charge >= 0.3 is 0 Å². The predicted molar refractivity (Wildman–Crippen MR) is 52.8 cm³/mol. The topological polar surface area (TPSA) is 77.3 Å². The molecule has 1 atom stereocenters. The lowest BCUT2D eigenvalue weighted by molar-refractivity contribution is -0.385. The minimum atomic E-state index is -0.485. The van der Waals surface area contributed by atoms with Crippen molar-refractivity contribution in [3.05, 3.63) is 28.6 Å². The van der Waals surface area contributed by atoms with Gasteiger partial charge in [0.1, 0.15) is 18.6 Å².